The number of piperazine rings is 1. The van der Waals surface area contributed by atoms with Gasteiger partial charge in [-0.05, 0) is 20.0 Å². The molecule has 0 saturated carbocycles. The van der Waals surface area contributed by atoms with Crippen molar-refractivity contribution in [2.75, 3.05) is 39.8 Å². The van der Waals surface area contributed by atoms with Gasteiger partial charge in [0.1, 0.15) is 5.75 Å². The minimum absolute atomic E-state index is 0.0695. The van der Waals surface area contributed by atoms with Gasteiger partial charge < -0.3 is 19.9 Å². The monoisotopic (exact) mass is 305 g/mol. The lowest BCUT2D eigenvalue weighted by Crippen LogP contribution is -2.47. The number of para-hydroxylation sites is 1. The van der Waals surface area contributed by atoms with Crippen LogP contribution >= 0.6 is 0 Å². The number of carbonyl (C=O) groups excluding carboxylic acids is 2. The minimum Gasteiger partial charge on any atom is -0.410 e. The lowest BCUT2D eigenvalue weighted by Gasteiger charge is -2.32. The van der Waals surface area contributed by atoms with Crippen LogP contribution in [0.15, 0.2) is 24.3 Å². The number of hydrogen-bond donors (Lipinski definition) is 1. The van der Waals surface area contributed by atoms with Crippen LogP contribution in [0.5, 0.6) is 5.75 Å². The molecule has 0 unspecified atom stereocenters. The highest BCUT2D eigenvalue weighted by Crippen LogP contribution is 2.19. The summed E-state index contributed by atoms with van der Waals surface area (Å²) in [6.07, 6.45) is -0.249. The van der Waals surface area contributed by atoms with Crippen LogP contribution < -0.4 is 10.1 Å². The molecule has 120 valence electrons. The zero-order valence-corrected chi connectivity index (χ0v) is 13.2. The fourth-order valence-electron chi connectivity index (χ4n) is 2.36. The van der Waals surface area contributed by atoms with E-state index >= 15 is 0 Å². The summed E-state index contributed by atoms with van der Waals surface area (Å²) >= 11 is 0. The molecule has 0 aromatic heterocycles. The van der Waals surface area contributed by atoms with Crippen molar-refractivity contribution in [2.24, 2.45) is 0 Å². The molecule has 1 saturated heterocycles. The van der Waals surface area contributed by atoms with Gasteiger partial charge >= 0.3 is 6.09 Å². The smallest absolute Gasteiger partial charge is 0.410 e. The van der Waals surface area contributed by atoms with E-state index in [-0.39, 0.29) is 12.3 Å². The fraction of sp³-hybridized carbons (Fsp3) is 0.500. The topological polar surface area (TPSA) is 61.9 Å². The standard InChI is InChI=1S/C16H23N3O3/c1-3-17-16(21)22-14-7-5-4-6-13(14)12-15(20)19-10-8-18(2)9-11-19/h4-7H,3,8-12H2,1-2H3,(H,17,21). The summed E-state index contributed by atoms with van der Waals surface area (Å²) in [6.45, 7) is 5.60. The van der Waals surface area contributed by atoms with Crippen LogP contribution in [0.1, 0.15) is 12.5 Å². The van der Waals surface area contributed by atoms with E-state index in [9.17, 15) is 9.59 Å². The number of hydrogen-bond acceptors (Lipinski definition) is 4. The number of likely N-dealkylation sites (N-methyl/N-ethyl adjacent to an activating group) is 1. The Balaban J connectivity index is 2.00. The van der Waals surface area contributed by atoms with Crippen molar-refractivity contribution < 1.29 is 14.3 Å². The van der Waals surface area contributed by atoms with Crippen molar-refractivity contribution in [3.63, 3.8) is 0 Å². The molecule has 1 fully saturated rings. The summed E-state index contributed by atoms with van der Waals surface area (Å²) in [4.78, 5) is 28.0. The minimum atomic E-state index is -0.498. The van der Waals surface area contributed by atoms with Crippen LogP contribution in [0, 0.1) is 0 Å². The van der Waals surface area contributed by atoms with E-state index in [1.165, 1.54) is 0 Å². The number of benzene rings is 1. The molecule has 6 nitrogen and oxygen atoms in total. The van der Waals surface area contributed by atoms with Gasteiger partial charge in [0.15, 0.2) is 0 Å². The Hall–Kier alpha value is -2.08. The first-order valence-electron chi connectivity index (χ1n) is 7.60. The first kappa shape index (κ1) is 16.3. The van der Waals surface area contributed by atoms with Gasteiger partial charge in [-0.2, -0.15) is 0 Å². The van der Waals surface area contributed by atoms with E-state index in [1.807, 2.05) is 24.0 Å². The summed E-state index contributed by atoms with van der Waals surface area (Å²) in [5.74, 6) is 0.510. The number of carbonyl (C=O) groups is 2. The first-order chi connectivity index (χ1) is 10.6. The molecule has 0 aliphatic carbocycles. The Morgan fingerprint density at radius 3 is 2.55 bits per heavy atom. The predicted octanol–water partition coefficient (Wildman–Crippen LogP) is 1.11. The van der Waals surface area contributed by atoms with Crippen LogP contribution in [0.3, 0.4) is 0 Å². The van der Waals surface area contributed by atoms with E-state index in [0.717, 1.165) is 31.7 Å². The Labute approximate surface area is 131 Å². The zero-order chi connectivity index (χ0) is 15.9. The normalized spacial score (nSPS) is 15.5. The maximum Gasteiger partial charge on any atom is 0.412 e. The molecular weight excluding hydrogens is 282 g/mol. The molecule has 0 atom stereocenters. The van der Waals surface area contributed by atoms with Gasteiger partial charge in [-0.15, -0.1) is 0 Å². The molecule has 22 heavy (non-hydrogen) atoms. The van der Waals surface area contributed by atoms with E-state index in [2.05, 4.69) is 17.3 Å². The lowest BCUT2D eigenvalue weighted by atomic mass is 10.1. The quantitative estimate of drug-likeness (QED) is 0.905. The van der Waals surface area contributed by atoms with Crippen LogP contribution in [0.25, 0.3) is 0 Å². The average molecular weight is 305 g/mol. The molecule has 2 rings (SSSR count). The Morgan fingerprint density at radius 2 is 1.86 bits per heavy atom. The van der Waals surface area contributed by atoms with Gasteiger partial charge in [0.25, 0.3) is 0 Å². The third-order valence-corrected chi connectivity index (χ3v) is 3.69. The highest BCUT2D eigenvalue weighted by Gasteiger charge is 2.20. The van der Waals surface area contributed by atoms with Crippen LogP contribution in [0.4, 0.5) is 4.79 Å². The lowest BCUT2D eigenvalue weighted by molar-refractivity contribution is -0.132. The molecule has 1 aromatic rings. The Kier molecular flexibility index (Phi) is 5.77. The van der Waals surface area contributed by atoms with Gasteiger partial charge in [-0.3, -0.25) is 4.79 Å². The molecule has 1 heterocycles. The predicted molar refractivity (Wildman–Crippen MR) is 83.9 cm³/mol. The van der Waals surface area contributed by atoms with Gasteiger partial charge in [0.05, 0.1) is 6.42 Å². The number of rotatable bonds is 4. The average Bonchev–Trinajstić information content (AvgIpc) is 2.50. The Morgan fingerprint density at radius 1 is 1.18 bits per heavy atom. The van der Waals surface area contributed by atoms with Crippen molar-refractivity contribution in [3.8, 4) is 5.75 Å². The summed E-state index contributed by atoms with van der Waals surface area (Å²) < 4.78 is 5.26. The molecule has 0 spiro atoms. The van der Waals surface area contributed by atoms with Crippen molar-refractivity contribution >= 4 is 12.0 Å². The number of nitrogens with zero attached hydrogens (tertiary/aromatic N) is 2. The highest BCUT2D eigenvalue weighted by molar-refractivity contribution is 5.80. The van der Waals surface area contributed by atoms with Crippen molar-refractivity contribution in [3.05, 3.63) is 29.8 Å². The number of ether oxygens (including phenoxy) is 1. The maximum absolute atomic E-state index is 12.4. The van der Waals surface area contributed by atoms with E-state index in [4.69, 9.17) is 4.74 Å². The van der Waals surface area contributed by atoms with E-state index < -0.39 is 6.09 Å². The third kappa shape index (κ3) is 4.46. The van der Waals surface area contributed by atoms with E-state index in [1.54, 1.807) is 12.1 Å². The zero-order valence-electron chi connectivity index (χ0n) is 13.2. The van der Waals surface area contributed by atoms with Gasteiger partial charge in [0.2, 0.25) is 5.91 Å². The van der Waals surface area contributed by atoms with Crippen LogP contribution in [0.2, 0.25) is 0 Å². The van der Waals surface area contributed by atoms with Crippen LogP contribution in [-0.2, 0) is 11.2 Å². The second-order valence-corrected chi connectivity index (χ2v) is 5.39. The number of amides is 2. The van der Waals surface area contributed by atoms with Crippen LogP contribution in [-0.4, -0.2) is 61.6 Å². The van der Waals surface area contributed by atoms with Gasteiger partial charge in [-0.25, -0.2) is 4.79 Å². The molecule has 1 aliphatic heterocycles. The van der Waals surface area contributed by atoms with Crippen molar-refractivity contribution in [1.29, 1.82) is 0 Å². The fourth-order valence-corrected chi connectivity index (χ4v) is 2.36. The van der Waals surface area contributed by atoms with Crippen molar-refractivity contribution in [2.45, 2.75) is 13.3 Å². The molecule has 1 aliphatic rings. The summed E-state index contributed by atoms with van der Waals surface area (Å²) in [7, 11) is 2.05. The summed E-state index contributed by atoms with van der Waals surface area (Å²) in [5, 5.41) is 2.58. The Bertz CT molecular complexity index is 525. The molecule has 0 radical (unpaired) electrons. The van der Waals surface area contributed by atoms with Crippen molar-refractivity contribution in [1.82, 2.24) is 15.1 Å². The molecule has 1 N–H and O–H groups in total. The number of nitrogens with one attached hydrogen (secondary N) is 1. The van der Waals surface area contributed by atoms with Gasteiger partial charge in [0, 0.05) is 38.3 Å². The second-order valence-electron chi connectivity index (χ2n) is 5.39. The highest BCUT2D eigenvalue weighted by atomic mass is 16.6. The SMILES string of the molecule is CCNC(=O)Oc1ccccc1CC(=O)N1CCN(C)CC1. The van der Waals surface area contributed by atoms with Gasteiger partial charge in [-0.1, -0.05) is 18.2 Å². The summed E-state index contributed by atoms with van der Waals surface area (Å²) in [6, 6.07) is 7.17. The maximum atomic E-state index is 12.4. The second kappa shape index (κ2) is 7.79. The molecule has 6 heteroatoms. The molecular formula is C16H23N3O3. The largest absolute Gasteiger partial charge is 0.412 e. The van der Waals surface area contributed by atoms with E-state index in [0.29, 0.717) is 12.3 Å². The molecule has 1 aromatic carbocycles. The first-order valence-corrected chi connectivity index (χ1v) is 7.60. The third-order valence-electron chi connectivity index (χ3n) is 3.69. The molecule has 0 bridgehead atoms. The summed E-state index contributed by atoms with van der Waals surface area (Å²) in [5.41, 5.74) is 0.734. The molecule has 2 amide bonds.